The van der Waals surface area contributed by atoms with Crippen molar-refractivity contribution in [3.8, 4) is 6.07 Å². The van der Waals surface area contributed by atoms with Crippen molar-refractivity contribution in [2.24, 2.45) is 0 Å². The molecule has 0 fully saturated rings. The largest absolute Gasteiger partial charge is 0.361 e. The Bertz CT molecular complexity index is 877. The number of hydrogen-bond donors (Lipinski definition) is 2. The summed E-state index contributed by atoms with van der Waals surface area (Å²) < 4.78 is 0. The Hall–Kier alpha value is -2.77. The fourth-order valence-corrected chi connectivity index (χ4v) is 2.27. The molecule has 4 nitrogen and oxygen atoms in total. The van der Waals surface area contributed by atoms with E-state index in [1.807, 2.05) is 24.4 Å². The fraction of sp³-hybridized carbons (Fsp3) is 0. The van der Waals surface area contributed by atoms with Crippen LogP contribution in [0.15, 0.2) is 48.7 Å². The van der Waals surface area contributed by atoms with Crippen LogP contribution in [-0.4, -0.2) is 10.9 Å². The Morgan fingerprint density at radius 2 is 2.05 bits per heavy atom. The molecule has 0 atom stereocenters. The number of aromatic nitrogens is 1. The van der Waals surface area contributed by atoms with Gasteiger partial charge in [0.25, 0.3) is 5.91 Å². The average molecular weight is 296 g/mol. The van der Waals surface area contributed by atoms with E-state index in [-0.39, 0.29) is 5.91 Å². The number of hydrogen-bond acceptors (Lipinski definition) is 2. The first-order valence-electron chi connectivity index (χ1n) is 6.25. The first-order chi connectivity index (χ1) is 10.2. The summed E-state index contributed by atoms with van der Waals surface area (Å²) in [4.78, 5) is 15.3. The number of benzene rings is 2. The lowest BCUT2D eigenvalue weighted by Gasteiger charge is -2.07. The Morgan fingerprint density at radius 1 is 1.19 bits per heavy atom. The summed E-state index contributed by atoms with van der Waals surface area (Å²) in [6.07, 6.45) is 1.82. The van der Waals surface area contributed by atoms with Crippen molar-refractivity contribution >= 4 is 34.1 Å². The minimum atomic E-state index is -0.287. The number of nitriles is 1. The van der Waals surface area contributed by atoms with Crippen molar-refractivity contribution < 1.29 is 4.79 Å². The maximum Gasteiger partial charge on any atom is 0.255 e. The lowest BCUT2D eigenvalue weighted by molar-refractivity contribution is 0.102. The number of H-pyrrole nitrogens is 1. The molecule has 0 spiro atoms. The number of rotatable bonds is 2. The quantitative estimate of drug-likeness (QED) is 0.751. The maximum atomic E-state index is 12.3. The van der Waals surface area contributed by atoms with Crippen LogP contribution in [0.2, 0.25) is 5.02 Å². The SMILES string of the molecule is N#Cc1ccc(Cl)cc1NC(=O)c1ccc2cc[nH]c2c1. The summed E-state index contributed by atoms with van der Waals surface area (Å²) >= 11 is 5.90. The van der Waals surface area contributed by atoms with E-state index in [1.54, 1.807) is 30.3 Å². The van der Waals surface area contributed by atoms with Crippen molar-refractivity contribution in [1.82, 2.24) is 4.98 Å². The standard InChI is InChI=1S/C16H10ClN3O/c17-13-4-3-12(9-18)15(8-13)20-16(21)11-2-1-10-5-6-19-14(10)7-11/h1-8,19H,(H,20,21). The van der Waals surface area contributed by atoms with Crippen LogP contribution in [0.3, 0.4) is 0 Å². The van der Waals surface area contributed by atoms with Crippen molar-refractivity contribution in [1.29, 1.82) is 5.26 Å². The van der Waals surface area contributed by atoms with Crippen LogP contribution in [0.4, 0.5) is 5.69 Å². The van der Waals surface area contributed by atoms with Crippen LogP contribution in [0, 0.1) is 11.3 Å². The van der Waals surface area contributed by atoms with E-state index in [2.05, 4.69) is 10.3 Å². The van der Waals surface area contributed by atoms with E-state index in [0.29, 0.717) is 21.8 Å². The minimum Gasteiger partial charge on any atom is -0.361 e. The summed E-state index contributed by atoms with van der Waals surface area (Å²) in [7, 11) is 0. The molecule has 0 saturated heterocycles. The molecule has 0 unspecified atom stereocenters. The summed E-state index contributed by atoms with van der Waals surface area (Å²) in [6, 6.07) is 14.1. The van der Waals surface area contributed by atoms with Gasteiger partial charge in [-0.05, 0) is 41.8 Å². The molecule has 0 aliphatic heterocycles. The van der Waals surface area contributed by atoms with E-state index in [1.165, 1.54) is 0 Å². The number of carbonyl (C=O) groups is 1. The van der Waals surface area contributed by atoms with Crippen molar-refractivity contribution in [2.45, 2.75) is 0 Å². The monoisotopic (exact) mass is 295 g/mol. The molecule has 3 rings (SSSR count). The van der Waals surface area contributed by atoms with Crippen LogP contribution in [0.5, 0.6) is 0 Å². The minimum absolute atomic E-state index is 0.287. The van der Waals surface area contributed by atoms with Gasteiger partial charge in [0.2, 0.25) is 0 Å². The van der Waals surface area contributed by atoms with Gasteiger partial charge in [0.05, 0.1) is 11.3 Å². The molecule has 1 heterocycles. The molecule has 1 aromatic heterocycles. The smallest absolute Gasteiger partial charge is 0.255 e. The van der Waals surface area contributed by atoms with Crippen LogP contribution < -0.4 is 5.32 Å². The number of fused-ring (bicyclic) bond motifs is 1. The van der Waals surface area contributed by atoms with Gasteiger partial charge in [0, 0.05) is 22.3 Å². The highest BCUT2D eigenvalue weighted by molar-refractivity contribution is 6.31. The molecule has 0 aliphatic carbocycles. The van der Waals surface area contributed by atoms with Crippen molar-refractivity contribution in [3.05, 3.63) is 64.8 Å². The highest BCUT2D eigenvalue weighted by atomic mass is 35.5. The predicted molar refractivity (Wildman–Crippen MR) is 82.4 cm³/mol. The molecular weight excluding hydrogens is 286 g/mol. The zero-order valence-corrected chi connectivity index (χ0v) is 11.6. The van der Waals surface area contributed by atoms with Gasteiger partial charge in [0.1, 0.15) is 6.07 Å². The predicted octanol–water partition coefficient (Wildman–Crippen LogP) is 3.95. The molecule has 0 bridgehead atoms. The van der Waals surface area contributed by atoms with Gasteiger partial charge in [0.15, 0.2) is 0 Å². The van der Waals surface area contributed by atoms with Gasteiger partial charge in [-0.1, -0.05) is 17.7 Å². The first kappa shape index (κ1) is 13.2. The zero-order valence-electron chi connectivity index (χ0n) is 10.9. The second-order valence-electron chi connectivity index (χ2n) is 4.54. The number of nitrogens with zero attached hydrogens (tertiary/aromatic N) is 1. The molecular formula is C16H10ClN3O. The highest BCUT2D eigenvalue weighted by Crippen LogP contribution is 2.22. The molecule has 3 aromatic rings. The third kappa shape index (κ3) is 2.60. The number of amides is 1. The molecule has 1 amide bonds. The molecule has 21 heavy (non-hydrogen) atoms. The van der Waals surface area contributed by atoms with E-state index in [4.69, 9.17) is 16.9 Å². The normalized spacial score (nSPS) is 10.3. The molecule has 0 aliphatic rings. The first-order valence-corrected chi connectivity index (χ1v) is 6.63. The van der Waals surface area contributed by atoms with E-state index in [0.717, 1.165) is 10.9 Å². The van der Waals surface area contributed by atoms with Crippen LogP contribution >= 0.6 is 11.6 Å². The van der Waals surface area contributed by atoms with Gasteiger partial charge < -0.3 is 10.3 Å². The third-order valence-electron chi connectivity index (χ3n) is 3.17. The Balaban J connectivity index is 1.92. The van der Waals surface area contributed by atoms with Crippen molar-refractivity contribution in [3.63, 3.8) is 0 Å². The Morgan fingerprint density at radius 3 is 2.86 bits per heavy atom. The number of carbonyl (C=O) groups excluding carboxylic acids is 1. The Kier molecular flexibility index (Phi) is 3.35. The lowest BCUT2D eigenvalue weighted by atomic mass is 10.1. The van der Waals surface area contributed by atoms with Crippen molar-refractivity contribution in [2.75, 3.05) is 5.32 Å². The summed E-state index contributed by atoms with van der Waals surface area (Å²) in [5, 5.41) is 13.3. The summed E-state index contributed by atoms with van der Waals surface area (Å²) in [5.74, 6) is -0.287. The second-order valence-corrected chi connectivity index (χ2v) is 4.97. The van der Waals surface area contributed by atoms with Gasteiger partial charge in [-0.15, -0.1) is 0 Å². The van der Waals surface area contributed by atoms with Gasteiger partial charge in [-0.2, -0.15) is 5.26 Å². The average Bonchev–Trinajstić information content (AvgIpc) is 2.94. The van der Waals surface area contributed by atoms with Crippen LogP contribution in [-0.2, 0) is 0 Å². The maximum absolute atomic E-state index is 12.3. The molecule has 2 N–H and O–H groups in total. The van der Waals surface area contributed by atoms with Crippen LogP contribution in [0.25, 0.3) is 10.9 Å². The fourth-order valence-electron chi connectivity index (χ4n) is 2.10. The molecule has 2 aromatic carbocycles. The molecule has 0 saturated carbocycles. The van der Waals surface area contributed by atoms with E-state index >= 15 is 0 Å². The van der Waals surface area contributed by atoms with E-state index < -0.39 is 0 Å². The molecule has 102 valence electrons. The Labute approximate surface area is 126 Å². The summed E-state index contributed by atoms with van der Waals surface area (Å²) in [6.45, 7) is 0. The molecule has 0 radical (unpaired) electrons. The topological polar surface area (TPSA) is 68.7 Å². The van der Waals surface area contributed by atoms with Crippen LogP contribution in [0.1, 0.15) is 15.9 Å². The number of nitrogens with one attached hydrogen (secondary N) is 2. The lowest BCUT2D eigenvalue weighted by Crippen LogP contribution is -2.12. The zero-order chi connectivity index (χ0) is 14.8. The second kappa shape index (κ2) is 5.31. The van der Waals surface area contributed by atoms with E-state index in [9.17, 15) is 4.79 Å². The third-order valence-corrected chi connectivity index (χ3v) is 3.40. The van der Waals surface area contributed by atoms with Gasteiger partial charge in [-0.25, -0.2) is 0 Å². The van der Waals surface area contributed by atoms with Gasteiger partial charge >= 0.3 is 0 Å². The number of halogens is 1. The summed E-state index contributed by atoms with van der Waals surface area (Å²) in [5.41, 5.74) is 2.17. The molecule has 5 heteroatoms. The highest BCUT2D eigenvalue weighted by Gasteiger charge is 2.10. The number of aromatic amines is 1. The van der Waals surface area contributed by atoms with Gasteiger partial charge in [-0.3, -0.25) is 4.79 Å². The number of anilines is 1.